The van der Waals surface area contributed by atoms with Crippen molar-refractivity contribution < 1.29 is 12.9 Å². The lowest BCUT2D eigenvalue weighted by atomic mass is 9.96. The van der Waals surface area contributed by atoms with Gasteiger partial charge in [0.2, 0.25) is 11.7 Å². The van der Waals surface area contributed by atoms with Gasteiger partial charge in [-0.2, -0.15) is 4.98 Å². The third-order valence-electron chi connectivity index (χ3n) is 5.08. The van der Waals surface area contributed by atoms with Gasteiger partial charge in [0.15, 0.2) is 0 Å². The van der Waals surface area contributed by atoms with Crippen LogP contribution in [0.4, 0.5) is 0 Å². The maximum Gasteiger partial charge on any atom is 0.230 e. The van der Waals surface area contributed by atoms with Crippen LogP contribution in [0.25, 0.3) is 11.5 Å². The second kappa shape index (κ2) is 4.87. The first-order valence-electron chi connectivity index (χ1n) is 7.87. The molecule has 23 heavy (non-hydrogen) atoms. The van der Waals surface area contributed by atoms with Crippen LogP contribution in [0, 0.1) is 19.3 Å². The zero-order valence-corrected chi connectivity index (χ0v) is 14.1. The monoisotopic (exact) mass is 333 g/mol. The van der Waals surface area contributed by atoms with E-state index in [0.717, 1.165) is 23.4 Å². The van der Waals surface area contributed by atoms with Crippen LogP contribution in [0.2, 0.25) is 0 Å². The summed E-state index contributed by atoms with van der Waals surface area (Å²) in [4.78, 5) is 8.98. The molecule has 1 atom stereocenters. The molecular weight excluding hydrogens is 314 g/mol. The number of aryl methyl sites for hydroxylation is 2. The van der Waals surface area contributed by atoms with Gasteiger partial charge in [-0.25, -0.2) is 13.4 Å². The van der Waals surface area contributed by atoms with Gasteiger partial charge in [-0.05, 0) is 56.2 Å². The molecule has 0 bridgehead atoms. The van der Waals surface area contributed by atoms with Gasteiger partial charge in [0.25, 0.3) is 0 Å². The molecule has 1 saturated heterocycles. The Bertz CT molecular complexity index is 838. The summed E-state index contributed by atoms with van der Waals surface area (Å²) >= 11 is 0. The van der Waals surface area contributed by atoms with Gasteiger partial charge in [0, 0.05) is 11.6 Å². The van der Waals surface area contributed by atoms with E-state index >= 15 is 0 Å². The van der Waals surface area contributed by atoms with Crippen LogP contribution in [0.15, 0.2) is 16.7 Å². The number of hydrogen-bond donors (Lipinski definition) is 0. The van der Waals surface area contributed by atoms with Crippen molar-refractivity contribution in [2.45, 2.75) is 39.0 Å². The smallest absolute Gasteiger partial charge is 0.230 e. The molecule has 0 amide bonds. The van der Waals surface area contributed by atoms with Gasteiger partial charge < -0.3 is 4.52 Å². The van der Waals surface area contributed by atoms with Gasteiger partial charge in [-0.1, -0.05) is 5.16 Å². The average Bonchev–Trinajstić information content (AvgIpc) is 2.96. The third-order valence-corrected chi connectivity index (χ3v) is 6.73. The first kappa shape index (κ1) is 14.8. The lowest BCUT2D eigenvalue weighted by molar-refractivity contribution is 0.348. The average molecular weight is 333 g/mol. The molecule has 2 aromatic rings. The summed E-state index contributed by atoms with van der Waals surface area (Å²) in [5.41, 5.74) is 2.81. The Labute approximate surface area is 135 Å². The van der Waals surface area contributed by atoms with E-state index in [0.29, 0.717) is 24.6 Å². The van der Waals surface area contributed by atoms with Gasteiger partial charge >= 0.3 is 0 Å². The Balaban J connectivity index is 1.56. The standard InChI is InChI=1S/C16H19N3O3S/c1-10-7-11(2)17-13(8-10)14-18-15(22-19-14)12-9-16(12)3-5-23(20,21)6-4-16/h7-8,12H,3-6,9H2,1-2H3. The highest BCUT2D eigenvalue weighted by molar-refractivity contribution is 7.91. The van der Waals surface area contributed by atoms with Crippen LogP contribution in [-0.4, -0.2) is 35.0 Å². The van der Waals surface area contributed by atoms with Crippen molar-refractivity contribution in [2.75, 3.05) is 11.5 Å². The van der Waals surface area contributed by atoms with Crippen molar-refractivity contribution in [2.24, 2.45) is 5.41 Å². The second-order valence-electron chi connectivity index (χ2n) is 6.90. The number of hydrogen-bond acceptors (Lipinski definition) is 6. The van der Waals surface area contributed by atoms with Gasteiger partial charge in [0.05, 0.1) is 11.5 Å². The highest BCUT2D eigenvalue weighted by Gasteiger charge is 2.59. The Morgan fingerprint density at radius 1 is 1.17 bits per heavy atom. The SMILES string of the molecule is Cc1cc(C)nc(-c2noc(C3CC34CCS(=O)(=O)CC4)n2)c1. The molecule has 2 aromatic heterocycles. The molecular formula is C16H19N3O3S. The van der Waals surface area contributed by atoms with E-state index in [1.807, 2.05) is 26.0 Å². The van der Waals surface area contributed by atoms with Crippen molar-refractivity contribution in [1.82, 2.24) is 15.1 Å². The van der Waals surface area contributed by atoms with E-state index in [2.05, 4.69) is 15.1 Å². The molecule has 1 unspecified atom stereocenters. The summed E-state index contributed by atoms with van der Waals surface area (Å²) in [6.45, 7) is 3.95. The summed E-state index contributed by atoms with van der Waals surface area (Å²) in [6, 6.07) is 3.94. The summed E-state index contributed by atoms with van der Waals surface area (Å²) in [5, 5.41) is 4.07. The van der Waals surface area contributed by atoms with Crippen molar-refractivity contribution in [3.63, 3.8) is 0 Å². The summed E-state index contributed by atoms with van der Waals surface area (Å²) < 4.78 is 28.7. The molecule has 1 spiro atoms. The molecule has 2 aliphatic rings. The predicted octanol–water partition coefficient (Wildman–Crippen LogP) is 2.43. The molecule has 2 fully saturated rings. The van der Waals surface area contributed by atoms with Crippen LogP contribution in [0.5, 0.6) is 0 Å². The van der Waals surface area contributed by atoms with Crippen LogP contribution in [0.1, 0.15) is 42.3 Å². The number of sulfone groups is 1. The minimum absolute atomic E-state index is 0.0606. The van der Waals surface area contributed by atoms with Crippen LogP contribution >= 0.6 is 0 Å². The quantitative estimate of drug-likeness (QED) is 0.839. The first-order chi connectivity index (χ1) is 10.9. The van der Waals surface area contributed by atoms with E-state index in [9.17, 15) is 8.42 Å². The summed E-state index contributed by atoms with van der Waals surface area (Å²) in [7, 11) is -2.84. The normalized spacial score (nSPS) is 24.7. The summed E-state index contributed by atoms with van der Waals surface area (Å²) in [5.74, 6) is 1.90. The number of nitrogens with zero attached hydrogens (tertiary/aromatic N) is 3. The molecule has 1 aliphatic heterocycles. The molecule has 4 rings (SSSR count). The van der Waals surface area contributed by atoms with Crippen LogP contribution in [-0.2, 0) is 9.84 Å². The maximum atomic E-state index is 11.6. The molecule has 3 heterocycles. The fraction of sp³-hybridized carbons (Fsp3) is 0.562. The minimum atomic E-state index is -2.84. The topological polar surface area (TPSA) is 86.0 Å². The van der Waals surface area contributed by atoms with Gasteiger partial charge in [0.1, 0.15) is 15.5 Å². The van der Waals surface area contributed by atoms with Crippen molar-refractivity contribution in [3.05, 3.63) is 29.3 Å². The first-order valence-corrected chi connectivity index (χ1v) is 9.69. The van der Waals surface area contributed by atoms with Crippen LogP contribution in [0.3, 0.4) is 0 Å². The van der Waals surface area contributed by atoms with E-state index in [1.54, 1.807) is 0 Å². The van der Waals surface area contributed by atoms with E-state index < -0.39 is 9.84 Å². The third kappa shape index (κ3) is 2.67. The molecule has 6 nitrogen and oxygen atoms in total. The molecule has 0 N–H and O–H groups in total. The predicted molar refractivity (Wildman–Crippen MR) is 84.7 cm³/mol. The lowest BCUT2D eigenvalue weighted by Crippen LogP contribution is -2.25. The fourth-order valence-electron chi connectivity index (χ4n) is 3.63. The Morgan fingerprint density at radius 3 is 2.61 bits per heavy atom. The highest BCUT2D eigenvalue weighted by atomic mass is 32.2. The number of aromatic nitrogens is 3. The van der Waals surface area contributed by atoms with Crippen LogP contribution < -0.4 is 0 Å². The maximum absolute atomic E-state index is 11.6. The van der Waals surface area contributed by atoms with Gasteiger partial charge in [-0.3, -0.25) is 0 Å². The second-order valence-corrected chi connectivity index (χ2v) is 9.20. The van der Waals surface area contributed by atoms with E-state index in [-0.39, 0.29) is 22.8 Å². The number of pyridine rings is 1. The molecule has 0 radical (unpaired) electrons. The number of rotatable bonds is 2. The van der Waals surface area contributed by atoms with E-state index in [1.165, 1.54) is 0 Å². The van der Waals surface area contributed by atoms with E-state index in [4.69, 9.17) is 4.52 Å². The fourth-order valence-corrected chi connectivity index (χ4v) is 5.27. The van der Waals surface area contributed by atoms with Crippen molar-refractivity contribution in [3.8, 4) is 11.5 Å². The largest absolute Gasteiger partial charge is 0.339 e. The molecule has 1 saturated carbocycles. The Kier molecular flexibility index (Phi) is 3.13. The Morgan fingerprint density at radius 2 is 1.91 bits per heavy atom. The Hall–Kier alpha value is -1.76. The van der Waals surface area contributed by atoms with Gasteiger partial charge in [-0.15, -0.1) is 0 Å². The zero-order chi connectivity index (χ0) is 16.2. The zero-order valence-electron chi connectivity index (χ0n) is 13.2. The molecule has 122 valence electrons. The lowest BCUT2D eigenvalue weighted by Gasteiger charge is -2.21. The molecule has 0 aromatic carbocycles. The highest BCUT2D eigenvalue weighted by Crippen LogP contribution is 2.64. The van der Waals surface area contributed by atoms with Crippen molar-refractivity contribution in [1.29, 1.82) is 0 Å². The summed E-state index contributed by atoms with van der Waals surface area (Å²) in [6.07, 6.45) is 2.36. The molecule has 7 heteroatoms. The van der Waals surface area contributed by atoms with Crippen molar-refractivity contribution >= 4 is 9.84 Å². The minimum Gasteiger partial charge on any atom is -0.339 e. The molecule has 1 aliphatic carbocycles.